The van der Waals surface area contributed by atoms with Gasteiger partial charge in [0.15, 0.2) is 0 Å². The Morgan fingerprint density at radius 2 is 1.96 bits per heavy atom. The quantitative estimate of drug-likeness (QED) is 0.902. The highest BCUT2D eigenvalue weighted by Crippen LogP contribution is 2.29. The fourth-order valence-corrected chi connectivity index (χ4v) is 3.90. The van der Waals surface area contributed by atoms with Crippen molar-refractivity contribution < 1.29 is 14.7 Å². The lowest BCUT2D eigenvalue weighted by molar-refractivity contribution is -0.132. The monoisotopic (exact) mass is 315 g/mol. The third-order valence-corrected chi connectivity index (χ3v) is 5.30. The largest absolute Gasteiger partial charge is 0.478 e. The summed E-state index contributed by atoms with van der Waals surface area (Å²) < 4.78 is 0. The predicted octanol–water partition coefficient (Wildman–Crippen LogP) is 3.63. The van der Waals surface area contributed by atoms with Crippen LogP contribution >= 0.6 is 0 Å². The van der Waals surface area contributed by atoms with E-state index in [-0.39, 0.29) is 5.91 Å². The Kier molecular flexibility index (Phi) is 4.99. The van der Waals surface area contributed by atoms with Gasteiger partial charge in [0.1, 0.15) is 0 Å². The van der Waals surface area contributed by atoms with E-state index in [0.29, 0.717) is 18.5 Å². The molecule has 4 nitrogen and oxygen atoms in total. The highest BCUT2D eigenvalue weighted by atomic mass is 16.4. The molecule has 0 saturated heterocycles. The summed E-state index contributed by atoms with van der Waals surface area (Å²) in [4.78, 5) is 25.4. The molecule has 0 atom stereocenters. The second-order valence-corrected chi connectivity index (χ2v) is 6.90. The number of carbonyl (C=O) groups is 2. The zero-order valence-corrected chi connectivity index (χ0v) is 13.6. The van der Waals surface area contributed by atoms with Gasteiger partial charge < -0.3 is 10.0 Å². The van der Waals surface area contributed by atoms with E-state index in [1.54, 1.807) is 12.1 Å². The molecule has 3 rings (SSSR count). The summed E-state index contributed by atoms with van der Waals surface area (Å²) in [5.74, 6) is 0.144. The minimum Gasteiger partial charge on any atom is -0.478 e. The van der Waals surface area contributed by atoms with Crippen molar-refractivity contribution in [2.45, 2.75) is 57.9 Å². The molecule has 1 N–H and O–H groups in total. The fraction of sp³-hybridized carbons (Fsp3) is 0.579. The van der Waals surface area contributed by atoms with E-state index in [0.717, 1.165) is 30.9 Å². The van der Waals surface area contributed by atoms with E-state index in [9.17, 15) is 9.59 Å². The van der Waals surface area contributed by atoms with Crippen molar-refractivity contribution in [2.75, 3.05) is 6.54 Å². The summed E-state index contributed by atoms with van der Waals surface area (Å²) in [6.45, 7) is 1.31. The molecule has 1 aromatic rings. The van der Waals surface area contributed by atoms with Crippen molar-refractivity contribution in [1.29, 1.82) is 0 Å². The first-order chi connectivity index (χ1) is 11.1. The van der Waals surface area contributed by atoms with Crippen LogP contribution in [0.2, 0.25) is 0 Å². The van der Waals surface area contributed by atoms with Crippen molar-refractivity contribution >= 4 is 11.9 Å². The molecule has 23 heavy (non-hydrogen) atoms. The van der Waals surface area contributed by atoms with Gasteiger partial charge in [-0.2, -0.15) is 0 Å². The van der Waals surface area contributed by atoms with Gasteiger partial charge in [-0.3, -0.25) is 4.79 Å². The number of aromatic carboxylic acids is 1. The molecule has 0 spiro atoms. The number of hydrogen-bond acceptors (Lipinski definition) is 2. The van der Waals surface area contributed by atoms with Crippen molar-refractivity contribution in [1.82, 2.24) is 4.90 Å². The van der Waals surface area contributed by atoms with E-state index in [1.165, 1.54) is 37.7 Å². The van der Waals surface area contributed by atoms with Crippen LogP contribution in [-0.4, -0.2) is 28.4 Å². The van der Waals surface area contributed by atoms with Crippen molar-refractivity contribution in [2.24, 2.45) is 5.92 Å². The number of nitrogens with zero attached hydrogens (tertiary/aromatic N) is 1. The molecule has 1 heterocycles. The molecule has 1 aliphatic heterocycles. The number of rotatable bonds is 5. The second kappa shape index (κ2) is 7.16. The molecule has 1 saturated carbocycles. The Labute approximate surface area is 137 Å². The maximum Gasteiger partial charge on any atom is 0.335 e. The third kappa shape index (κ3) is 3.92. The zero-order chi connectivity index (χ0) is 16.2. The standard InChI is InChI=1S/C19H25NO3/c21-18(7-3-6-14-4-1-2-5-14)20-11-10-15-8-9-16(19(22)23)12-17(15)13-20/h8-9,12,14H,1-7,10-11,13H2,(H,22,23). The Morgan fingerprint density at radius 1 is 1.17 bits per heavy atom. The van der Waals surface area contributed by atoms with Crippen molar-refractivity contribution in [3.63, 3.8) is 0 Å². The molecule has 0 bridgehead atoms. The van der Waals surface area contributed by atoms with Crippen LogP contribution in [0.25, 0.3) is 0 Å². The Hall–Kier alpha value is -1.84. The normalized spacial score (nSPS) is 18.0. The Balaban J connectivity index is 1.54. The molecule has 0 aromatic heterocycles. The minimum atomic E-state index is -0.909. The molecule has 1 aliphatic carbocycles. The molecule has 0 radical (unpaired) electrons. The van der Waals surface area contributed by atoms with Crippen LogP contribution in [0.4, 0.5) is 0 Å². The lowest BCUT2D eigenvalue weighted by Gasteiger charge is -2.29. The van der Waals surface area contributed by atoms with Crippen LogP contribution in [0.5, 0.6) is 0 Å². The van der Waals surface area contributed by atoms with Crippen LogP contribution in [0.15, 0.2) is 18.2 Å². The number of carboxylic acid groups (broad SMARTS) is 1. The summed E-state index contributed by atoms with van der Waals surface area (Å²) in [7, 11) is 0. The van der Waals surface area contributed by atoms with Gasteiger partial charge in [0.25, 0.3) is 0 Å². The van der Waals surface area contributed by atoms with Crippen LogP contribution in [-0.2, 0) is 17.8 Å². The third-order valence-electron chi connectivity index (χ3n) is 5.30. The van der Waals surface area contributed by atoms with Crippen LogP contribution in [0.1, 0.15) is 66.4 Å². The Bertz CT molecular complexity index is 590. The average Bonchev–Trinajstić information content (AvgIpc) is 3.07. The van der Waals surface area contributed by atoms with Gasteiger partial charge in [0, 0.05) is 19.5 Å². The number of carboxylic acids is 1. The van der Waals surface area contributed by atoms with Crippen molar-refractivity contribution in [3.8, 4) is 0 Å². The second-order valence-electron chi connectivity index (χ2n) is 6.90. The molecule has 4 heteroatoms. The lowest BCUT2D eigenvalue weighted by atomic mass is 9.96. The van der Waals surface area contributed by atoms with E-state index in [4.69, 9.17) is 5.11 Å². The molecular weight excluding hydrogens is 290 g/mol. The number of carbonyl (C=O) groups excluding carboxylic acids is 1. The van der Waals surface area contributed by atoms with E-state index >= 15 is 0 Å². The maximum absolute atomic E-state index is 12.4. The van der Waals surface area contributed by atoms with Gasteiger partial charge in [0.05, 0.1) is 5.56 Å². The molecule has 2 aliphatic rings. The first-order valence-corrected chi connectivity index (χ1v) is 8.76. The predicted molar refractivity (Wildman–Crippen MR) is 88.3 cm³/mol. The average molecular weight is 315 g/mol. The van der Waals surface area contributed by atoms with Gasteiger partial charge in [-0.1, -0.05) is 31.7 Å². The summed E-state index contributed by atoms with van der Waals surface area (Å²) in [6, 6.07) is 5.26. The van der Waals surface area contributed by atoms with Gasteiger partial charge in [0.2, 0.25) is 5.91 Å². The first kappa shape index (κ1) is 16.0. The molecule has 1 fully saturated rings. The summed E-state index contributed by atoms with van der Waals surface area (Å²) in [5.41, 5.74) is 2.46. The van der Waals surface area contributed by atoms with Crippen LogP contribution in [0.3, 0.4) is 0 Å². The number of hydrogen-bond donors (Lipinski definition) is 1. The number of amides is 1. The minimum absolute atomic E-state index is 0.217. The highest BCUT2D eigenvalue weighted by Gasteiger charge is 2.22. The van der Waals surface area contributed by atoms with Gasteiger partial charge >= 0.3 is 5.97 Å². The van der Waals surface area contributed by atoms with Crippen molar-refractivity contribution in [3.05, 3.63) is 34.9 Å². The number of fused-ring (bicyclic) bond motifs is 1. The molecule has 0 unspecified atom stereocenters. The smallest absolute Gasteiger partial charge is 0.335 e. The van der Waals surface area contributed by atoms with Crippen LogP contribution < -0.4 is 0 Å². The lowest BCUT2D eigenvalue weighted by Crippen LogP contribution is -2.36. The highest BCUT2D eigenvalue weighted by molar-refractivity contribution is 5.88. The van der Waals surface area contributed by atoms with E-state index in [1.807, 2.05) is 11.0 Å². The topological polar surface area (TPSA) is 57.6 Å². The van der Waals surface area contributed by atoms with E-state index in [2.05, 4.69) is 0 Å². The van der Waals surface area contributed by atoms with Gasteiger partial charge in [-0.15, -0.1) is 0 Å². The Morgan fingerprint density at radius 3 is 2.70 bits per heavy atom. The number of benzene rings is 1. The summed E-state index contributed by atoms with van der Waals surface area (Å²) in [6.07, 6.45) is 9.00. The summed E-state index contributed by atoms with van der Waals surface area (Å²) >= 11 is 0. The molecular formula is C19H25NO3. The first-order valence-electron chi connectivity index (χ1n) is 8.76. The van der Waals surface area contributed by atoms with E-state index < -0.39 is 5.97 Å². The molecule has 1 amide bonds. The molecule has 1 aromatic carbocycles. The SMILES string of the molecule is O=C(O)c1ccc2c(c1)CN(C(=O)CCCC1CCCC1)CC2. The zero-order valence-electron chi connectivity index (χ0n) is 13.6. The summed E-state index contributed by atoms with van der Waals surface area (Å²) in [5, 5.41) is 9.10. The maximum atomic E-state index is 12.4. The van der Waals surface area contributed by atoms with Crippen LogP contribution in [0, 0.1) is 5.92 Å². The molecule has 124 valence electrons. The van der Waals surface area contributed by atoms with Gasteiger partial charge in [-0.05, 0) is 48.4 Å². The fourth-order valence-electron chi connectivity index (χ4n) is 3.90. The van der Waals surface area contributed by atoms with Gasteiger partial charge in [-0.25, -0.2) is 4.79 Å².